The molecule has 3 heterocycles. The van der Waals surface area contributed by atoms with Gasteiger partial charge >= 0.3 is 13.5 Å². The van der Waals surface area contributed by atoms with Gasteiger partial charge in [0.05, 0.1) is 7.98 Å². The minimum atomic E-state index is -4.31. The fraction of sp³-hybridized carbons (Fsp3) is 0.444. The van der Waals surface area contributed by atoms with Gasteiger partial charge in [0.1, 0.15) is 29.2 Å². The Kier molecular flexibility index (Phi) is 5.33. The molecule has 4 rings (SSSR count). The Bertz CT molecular complexity index is 1240. The molecule has 2 aliphatic heterocycles. The van der Waals surface area contributed by atoms with Crippen LogP contribution in [0.4, 0.5) is 4.39 Å². The van der Waals surface area contributed by atoms with Crippen LogP contribution < -0.4 is 10.2 Å². The zero-order chi connectivity index (χ0) is 23.5. The molecular formula is C18H20FN2O8PS. The summed E-state index contributed by atoms with van der Waals surface area (Å²) in [6, 6.07) is 5.17. The van der Waals surface area contributed by atoms with Gasteiger partial charge in [-0.2, -0.15) is 0 Å². The lowest BCUT2D eigenvalue weighted by Crippen LogP contribution is -2.43. The highest BCUT2D eigenvalue weighted by atomic mass is 32.1. The number of nitrogens with one attached hydrogen (secondary N) is 1. The molecule has 1 fully saturated rings. The van der Waals surface area contributed by atoms with Crippen molar-refractivity contribution in [2.75, 3.05) is 6.61 Å². The van der Waals surface area contributed by atoms with Crippen molar-refractivity contribution in [1.29, 1.82) is 0 Å². The average Bonchev–Trinajstić information content (AvgIpc) is 2.91. The Morgan fingerprint density at radius 1 is 1.45 bits per heavy atom. The van der Waals surface area contributed by atoms with Gasteiger partial charge in [0, 0.05) is 17.3 Å². The number of hydrogen-bond acceptors (Lipinski definition) is 9. The van der Waals surface area contributed by atoms with E-state index in [1.807, 2.05) is 0 Å². The molecule has 10 nitrogen and oxygen atoms in total. The molecule has 0 aliphatic carbocycles. The van der Waals surface area contributed by atoms with E-state index in [4.69, 9.17) is 31.9 Å². The highest BCUT2D eigenvalue weighted by molar-refractivity contribution is 7.71. The molecule has 1 aromatic heterocycles. The molecule has 13 heteroatoms. The van der Waals surface area contributed by atoms with E-state index in [0.717, 1.165) is 6.20 Å². The SMILES string of the molecule is [2H][C@@]1(n2cc(C)c(=S)[nH]c2=O)O[C@](F)(COP2(=O)OCc3cccc(C)c3O2)[C@@H](O)[C@H]1O. The maximum absolute atomic E-state index is 15.5. The summed E-state index contributed by atoms with van der Waals surface area (Å²) in [5.74, 6) is -2.96. The maximum atomic E-state index is 15.5. The number of aliphatic hydroxyl groups excluding tert-OH is 2. The lowest BCUT2D eigenvalue weighted by molar-refractivity contribution is -0.205. The summed E-state index contributed by atoms with van der Waals surface area (Å²) in [6.45, 7) is 1.89. The van der Waals surface area contributed by atoms with Crippen molar-refractivity contribution in [3.8, 4) is 5.75 Å². The van der Waals surface area contributed by atoms with Crippen molar-refractivity contribution in [2.45, 2.75) is 44.7 Å². The molecule has 5 atom stereocenters. The van der Waals surface area contributed by atoms with E-state index in [-0.39, 0.29) is 17.0 Å². The highest BCUT2D eigenvalue weighted by Crippen LogP contribution is 2.56. The standard InChI is InChI=1S/C18H20FN2O8PS/c1-9-4-3-5-11-7-26-30(25,29-13(9)11)27-8-18(19)14(23)12(22)16(28-18)21-6-10(2)15(31)20-17(21)24/h3-6,12,14,16,22-23H,7-8H2,1-2H3,(H,20,24,31)/t12-,14+,16-,18-,30?/m1/s1/i16D. The van der Waals surface area contributed by atoms with Gasteiger partial charge in [-0.1, -0.05) is 30.4 Å². The van der Waals surface area contributed by atoms with Gasteiger partial charge < -0.3 is 19.5 Å². The first-order valence-electron chi connectivity index (χ1n) is 9.64. The van der Waals surface area contributed by atoms with Crippen molar-refractivity contribution in [2.24, 2.45) is 0 Å². The molecule has 0 saturated carbocycles. The summed E-state index contributed by atoms with van der Waals surface area (Å²) in [5, 5.41) is 20.6. The molecule has 1 aromatic carbocycles. The third-order valence-electron chi connectivity index (χ3n) is 4.92. The first kappa shape index (κ1) is 21.0. The molecule has 3 N–H and O–H groups in total. The zero-order valence-electron chi connectivity index (χ0n) is 17.4. The van der Waals surface area contributed by atoms with Crippen LogP contribution in [-0.2, 0) is 25.0 Å². The van der Waals surface area contributed by atoms with E-state index in [2.05, 4.69) is 4.98 Å². The van der Waals surface area contributed by atoms with Crippen LogP contribution in [0, 0.1) is 18.5 Å². The molecular weight excluding hydrogens is 454 g/mol. The topological polar surface area (TPSA) is 132 Å². The number of aryl methyl sites for hydroxylation is 2. The number of benzene rings is 1. The van der Waals surface area contributed by atoms with E-state index in [0.29, 0.717) is 21.3 Å². The number of ether oxygens (including phenoxy) is 1. The largest absolute Gasteiger partial charge is 0.530 e. The van der Waals surface area contributed by atoms with Crippen LogP contribution in [-0.4, -0.2) is 44.4 Å². The number of alkyl halides is 1. The Morgan fingerprint density at radius 3 is 2.94 bits per heavy atom. The van der Waals surface area contributed by atoms with Crippen LogP contribution in [0.15, 0.2) is 29.2 Å². The summed E-state index contributed by atoms with van der Waals surface area (Å²) in [6.07, 6.45) is -6.23. The van der Waals surface area contributed by atoms with Gasteiger partial charge in [-0.05, 0) is 19.4 Å². The third kappa shape index (κ3) is 4.00. The number of halogens is 1. The lowest BCUT2D eigenvalue weighted by Gasteiger charge is -2.29. The Balaban J connectivity index is 1.58. The minimum Gasteiger partial charge on any atom is -0.403 e. The molecule has 1 unspecified atom stereocenters. The van der Waals surface area contributed by atoms with Gasteiger partial charge in [0.2, 0.25) is 0 Å². The quantitative estimate of drug-likeness (QED) is 0.450. The second-order valence-electron chi connectivity index (χ2n) is 7.21. The van der Waals surface area contributed by atoms with Crippen molar-refractivity contribution in [3.63, 3.8) is 0 Å². The Hall–Kier alpha value is -1.92. The van der Waals surface area contributed by atoms with Crippen LogP contribution in [0.1, 0.15) is 24.3 Å². The van der Waals surface area contributed by atoms with E-state index < -0.39 is 44.4 Å². The van der Waals surface area contributed by atoms with E-state index in [9.17, 15) is 19.6 Å². The molecule has 0 radical (unpaired) electrons. The molecule has 0 amide bonds. The molecule has 2 aromatic rings. The van der Waals surface area contributed by atoms with E-state index >= 15 is 4.39 Å². The molecule has 31 heavy (non-hydrogen) atoms. The normalized spacial score (nSPS) is 35.3. The van der Waals surface area contributed by atoms with Gasteiger partial charge in [0.15, 0.2) is 6.20 Å². The molecule has 0 bridgehead atoms. The van der Waals surface area contributed by atoms with Gasteiger partial charge in [-0.15, -0.1) is 0 Å². The molecule has 2 aliphatic rings. The number of aliphatic hydroxyl groups is 2. The van der Waals surface area contributed by atoms with Crippen LogP contribution in [0.5, 0.6) is 5.75 Å². The summed E-state index contributed by atoms with van der Waals surface area (Å²) in [5.41, 5.74) is 0.639. The number of nitrogens with zero attached hydrogens (tertiary/aromatic N) is 1. The van der Waals surface area contributed by atoms with Crippen LogP contribution in [0.25, 0.3) is 0 Å². The predicted octanol–water partition coefficient (Wildman–Crippen LogP) is 2.17. The Morgan fingerprint density at radius 2 is 2.19 bits per heavy atom. The highest BCUT2D eigenvalue weighted by Gasteiger charge is 2.57. The number of fused-ring (bicyclic) bond motifs is 1. The summed E-state index contributed by atoms with van der Waals surface area (Å²) in [7, 11) is -4.31. The van der Waals surface area contributed by atoms with Gasteiger partial charge in [0.25, 0.3) is 5.85 Å². The molecule has 168 valence electrons. The average molecular weight is 475 g/mol. The fourth-order valence-electron chi connectivity index (χ4n) is 3.18. The van der Waals surface area contributed by atoms with E-state index in [1.54, 1.807) is 25.1 Å². The number of phosphoric ester groups is 1. The first-order valence-corrected chi connectivity index (χ1v) is 11.0. The number of phosphoric acid groups is 1. The molecule has 1 saturated heterocycles. The maximum Gasteiger partial charge on any atom is 0.530 e. The second kappa shape index (κ2) is 7.89. The monoisotopic (exact) mass is 475 g/mol. The summed E-state index contributed by atoms with van der Waals surface area (Å²) in [4.78, 5) is 14.5. The van der Waals surface area contributed by atoms with Gasteiger partial charge in [-0.3, -0.25) is 18.6 Å². The molecule has 0 spiro atoms. The third-order valence-corrected chi connectivity index (χ3v) is 6.64. The van der Waals surface area contributed by atoms with Crippen LogP contribution >= 0.6 is 20.0 Å². The van der Waals surface area contributed by atoms with Crippen molar-refractivity contribution >= 4 is 20.0 Å². The van der Waals surface area contributed by atoms with Crippen molar-refractivity contribution in [1.82, 2.24) is 9.55 Å². The predicted molar refractivity (Wildman–Crippen MR) is 107 cm³/mol. The Labute approximate surface area is 182 Å². The van der Waals surface area contributed by atoms with Crippen molar-refractivity contribution in [3.05, 3.63) is 56.2 Å². The number of para-hydroxylation sites is 1. The van der Waals surface area contributed by atoms with Crippen molar-refractivity contribution < 1.29 is 38.8 Å². The lowest BCUT2D eigenvalue weighted by atomic mass is 10.1. The first-order chi connectivity index (χ1) is 14.9. The van der Waals surface area contributed by atoms with E-state index in [1.165, 1.54) is 6.92 Å². The second-order valence-corrected chi connectivity index (χ2v) is 9.21. The minimum absolute atomic E-state index is 0.0815. The number of aromatic amines is 1. The fourth-order valence-corrected chi connectivity index (χ4v) is 4.61. The van der Waals surface area contributed by atoms with Crippen LogP contribution in [0.3, 0.4) is 0 Å². The summed E-state index contributed by atoms with van der Waals surface area (Å²) >= 11 is 4.94. The van der Waals surface area contributed by atoms with Crippen LogP contribution in [0.2, 0.25) is 0 Å². The number of aromatic nitrogens is 2. The number of hydrogen-bond donors (Lipinski definition) is 3. The summed E-state index contributed by atoms with van der Waals surface area (Å²) < 4.78 is 57.8. The number of H-pyrrole nitrogens is 1. The zero-order valence-corrected chi connectivity index (χ0v) is 18.1. The van der Waals surface area contributed by atoms with Gasteiger partial charge in [-0.25, -0.2) is 13.8 Å². The number of rotatable bonds is 4. The smallest absolute Gasteiger partial charge is 0.403 e.